The molecule has 0 bridgehead atoms. The van der Waals surface area contributed by atoms with Crippen LogP contribution in [0.15, 0.2) is 42.5 Å². The van der Waals surface area contributed by atoms with Gasteiger partial charge >= 0.3 is 0 Å². The molecule has 25 heavy (non-hydrogen) atoms. The summed E-state index contributed by atoms with van der Waals surface area (Å²) in [6.07, 6.45) is 8.40. The number of benzene rings is 2. The summed E-state index contributed by atoms with van der Waals surface area (Å²) in [5.41, 5.74) is 2.01. The second kappa shape index (κ2) is 8.46. The summed E-state index contributed by atoms with van der Waals surface area (Å²) < 4.78 is 15.8. The maximum atomic E-state index is 12.1. The average Bonchev–Trinajstić information content (AvgIpc) is 2.65. The summed E-state index contributed by atoms with van der Waals surface area (Å²) in [4.78, 5) is 12.1. The normalized spacial score (nSPS) is 10.2. The van der Waals surface area contributed by atoms with E-state index in [0.29, 0.717) is 34.1 Å². The Morgan fingerprint density at radius 1 is 1.04 bits per heavy atom. The first kappa shape index (κ1) is 18.0. The highest BCUT2D eigenvalue weighted by atomic mass is 16.5. The first-order valence-corrected chi connectivity index (χ1v) is 7.47. The first-order chi connectivity index (χ1) is 12.1. The fourth-order valence-electron chi connectivity index (χ4n) is 2.22. The van der Waals surface area contributed by atoms with Gasteiger partial charge in [-0.2, -0.15) is 0 Å². The van der Waals surface area contributed by atoms with Crippen LogP contribution in [0, 0.1) is 12.3 Å². The van der Waals surface area contributed by atoms with Crippen LogP contribution >= 0.6 is 0 Å². The highest BCUT2D eigenvalue weighted by Gasteiger charge is 2.10. The molecule has 0 atom stereocenters. The lowest BCUT2D eigenvalue weighted by Gasteiger charge is -2.12. The summed E-state index contributed by atoms with van der Waals surface area (Å²) >= 11 is 0. The Balaban J connectivity index is 2.20. The van der Waals surface area contributed by atoms with E-state index in [1.165, 1.54) is 6.08 Å². The lowest BCUT2D eigenvalue weighted by Crippen LogP contribution is -2.07. The summed E-state index contributed by atoms with van der Waals surface area (Å²) in [7, 11) is 4.64. The van der Waals surface area contributed by atoms with Crippen LogP contribution < -0.4 is 19.5 Å². The average molecular weight is 337 g/mol. The van der Waals surface area contributed by atoms with Crippen molar-refractivity contribution in [2.24, 2.45) is 0 Å². The Morgan fingerprint density at radius 2 is 1.72 bits per heavy atom. The van der Waals surface area contributed by atoms with Crippen molar-refractivity contribution in [3.05, 3.63) is 53.6 Å². The molecule has 0 aliphatic rings. The Labute approximate surface area is 147 Å². The fraction of sp³-hybridized carbons (Fsp3) is 0.150. The van der Waals surface area contributed by atoms with E-state index in [-0.39, 0.29) is 5.91 Å². The number of anilines is 1. The molecule has 128 valence electrons. The van der Waals surface area contributed by atoms with Crippen molar-refractivity contribution in [1.29, 1.82) is 0 Å². The molecule has 0 aliphatic carbocycles. The summed E-state index contributed by atoms with van der Waals surface area (Å²) in [6.45, 7) is 0. The number of carbonyl (C=O) groups excluding carboxylic acids is 1. The molecule has 0 heterocycles. The van der Waals surface area contributed by atoms with E-state index in [1.54, 1.807) is 63.8 Å². The van der Waals surface area contributed by atoms with E-state index in [9.17, 15) is 4.79 Å². The minimum Gasteiger partial charge on any atom is -0.496 e. The maximum Gasteiger partial charge on any atom is 0.248 e. The van der Waals surface area contributed by atoms with E-state index in [4.69, 9.17) is 20.6 Å². The number of carbonyl (C=O) groups is 1. The highest BCUT2D eigenvalue weighted by Crippen LogP contribution is 2.35. The number of nitrogens with one attached hydrogen (secondary N) is 1. The molecule has 0 unspecified atom stereocenters. The standard InChI is InChI=1S/C20H19NO4/c1-5-14-7-6-8-16(11-14)21-20(22)10-9-15-12-18(24-3)19(25-4)13-17(15)23-2/h1,6-13H,2-4H3,(H,21,22)/b10-9+. The van der Waals surface area contributed by atoms with Crippen molar-refractivity contribution in [2.75, 3.05) is 26.6 Å². The van der Waals surface area contributed by atoms with Crippen LogP contribution in [0.3, 0.4) is 0 Å². The van der Waals surface area contributed by atoms with Crippen LogP contribution in [0.5, 0.6) is 17.2 Å². The number of terminal acetylenes is 1. The monoisotopic (exact) mass is 337 g/mol. The van der Waals surface area contributed by atoms with Gasteiger partial charge in [0.2, 0.25) is 5.91 Å². The lowest BCUT2D eigenvalue weighted by molar-refractivity contribution is -0.111. The number of ether oxygens (including phenoxy) is 3. The maximum absolute atomic E-state index is 12.1. The SMILES string of the molecule is C#Cc1cccc(NC(=O)/C=C/c2cc(OC)c(OC)cc2OC)c1. The highest BCUT2D eigenvalue weighted by molar-refractivity contribution is 6.02. The van der Waals surface area contributed by atoms with Gasteiger partial charge < -0.3 is 19.5 Å². The van der Waals surface area contributed by atoms with Crippen LogP contribution in [0.1, 0.15) is 11.1 Å². The van der Waals surface area contributed by atoms with Crippen LogP contribution in [-0.4, -0.2) is 27.2 Å². The Bertz CT molecular complexity index is 834. The summed E-state index contributed by atoms with van der Waals surface area (Å²) in [5.74, 6) is 3.90. The molecule has 0 fully saturated rings. The van der Waals surface area contributed by atoms with Crippen molar-refractivity contribution in [3.63, 3.8) is 0 Å². The van der Waals surface area contributed by atoms with Crippen LogP contribution in [0.25, 0.3) is 6.08 Å². The second-order valence-corrected chi connectivity index (χ2v) is 5.00. The van der Waals surface area contributed by atoms with Crippen molar-refractivity contribution >= 4 is 17.7 Å². The molecule has 0 aliphatic heterocycles. The van der Waals surface area contributed by atoms with E-state index >= 15 is 0 Å². The Hall–Kier alpha value is -3.39. The summed E-state index contributed by atoms with van der Waals surface area (Å²) in [5, 5.41) is 2.76. The number of hydrogen-bond acceptors (Lipinski definition) is 4. The largest absolute Gasteiger partial charge is 0.496 e. The molecular formula is C20H19NO4. The number of amides is 1. The Morgan fingerprint density at radius 3 is 2.36 bits per heavy atom. The molecule has 1 N–H and O–H groups in total. The third kappa shape index (κ3) is 4.55. The topological polar surface area (TPSA) is 56.8 Å². The molecule has 1 amide bonds. The zero-order chi connectivity index (χ0) is 18.2. The number of methoxy groups -OCH3 is 3. The quantitative estimate of drug-likeness (QED) is 0.649. The van der Waals surface area contributed by atoms with Crippen molar-refractivity contribution < 1.29 is 19.0 Å². The van der Waals surface area contributed by atoms with Gasteiger partial charge in [-0.1, -0.05) is 12.0 Å². The predicted molar refractivity (Wildman–Crippen MR) is 98.1 cm³/mol. The van der Waals surface area contributed by atoms with Gasteiger partial charge in [-0.05, 0) is 30.3 Å². The third-order valence-electron chi connectivity index (χ3n) is 3.45. The van der Waals surface area contributed by atoms with E-state index in [0.717, 1.165) is 0 Å². The minimum absolute atomic E-state index is 0.286. The van der Waals surface area contributed by atoms with E-state index < -0.39 is 0 Å². The zero-order valence-corrected chi connectivity index (χ0v) is 14.3. The number of rotatable bonds is 6. The molecule has 2 aromatic rings. The van der Waals surface area contributed by atoms with Gasteiger partial charge in [-0.15, -0.1) is 6.42 Å². The molecule has 5 nitrogen and oxygen atoms in total. The molecule has 0 aromatic heterocycles. The van der Waals surface area contributed by atoms with Gasteiger partial charge in [0, 0.05) is 29.0 Å². The number of hydrogen-bond donors (Lipinski definition) is 1. The third-order valence-corrected chi connectivity index (χ3v) is 3.45. The van der Waals surface area contributed by atoms with E-state index in [2.05, 4.69) is 11.2 Å². The molecule has 0 radical (unpaired) electrons. The molecule has 2 rings (SSSR count). The zero-order valence-electron chi connectivity index (χ0n) is 14.3. The molecular weight excluding hydrogens is 318 g/mol. The van der Waals surface area contributed by atoms with Crippen LogP contribution in [-0.2, 0) is 4.79 Å². The molecule has 0 saturated heterocycles. The van der Waals surface area contributed by atoms with Gasteiger partial charge in [0.25, 0.3) is 0 Å². The van der Waals surface area contributed by atoms with Crippen LogP contribution in [0.4, 0.5) is 5.69 Å². The molecule has 5 heteroatoms. The minimum atomic E-state index is -0.286. The molecule has 2 aromatic carbocycles. The molecule has 0 saturated carbocycles. The Kier molecular flexibility index (Phi) is 6.08. The molecule has 0 spiro atoms. The van der Waals surface area contributed by atoms with Gasteiger partial charge in [-0.25, -0.2) is 0 Å². The van der Waals surface area contributed by atoms with Gasteiger partial charge in [-0.3, -0.25) is 4.79 Å². The van der Waals surface area contributed by atoms with Crippen molar-refractivity contribution in [1.82, 2.24) is 0 Å². The fourth-order valence-corrected chi connectivity index (χ4v) is 2.22. The van der Waals surface area contributed by atoms with Gasteiger partial charge in [0.1, 0.15) is 5.75 Å². The predicted octanol–water partition coefficient (Wildman–Crippen LogP) is 3.35. The van der Waals surface area contributed by atoms with Gasteiger partial charge in [0.05, 0.1) is 21.3 Å². The first-order valence-electron chi connectivity index (χ1n) is 7.47. The summed E-state index contributed by atoms with van der Waals surface area (Å²) in [6, 6.07) is 10.5. The van der Waals surface area contributed by atoms with Gasteiger partial charge in [0.15, 0.2) is 11.5 Å². The second-order valence-electron chi connectivity index (χ2n) is 5.00. The van der Waals surface area contributed by atoms with Crippen molar-refractivity contribution in [2.45, 2.75) is 0 Å². The van der Waals surface area contributed by atoms with Crippen molar-refractivity contribution in [3.8, 4) is 29.6 Å². The van der Waals surface area contributed by atoms with Crippen LogP contribution in [0.2, 0.25) is 0 Å². The smallest absolute Gasteiger partial charge is 0.248 e. The van der Waals surface area contributed by atoms with E-state index in [1.807, 2.05) is 0 Å². The lowest BCUT2D eigenvalue weighted by atomic mass is 10.1.